The van der Waals surface area contributed by atoms with Gasteiger partial charge in [-0.05, 0) is 23.7 Å². The Hall–Kier alpha value is -1.59. The van der Waals surface area contributed by atoms with Crippen LogP contribution in [0.3, 0.4) is 0 Å². The zero-order valence-electron chi connectivity index (χ0n) is 8.64. The predicted octanol–water partition coefficient (Wildman–Crippen LogP) is 4.12. The van der Waals surface area contributed by atoms with Gasteiger partial charge in [0.05, 0.1) is 22.5 Å². The van der Waals surface area contributed by atoms with Crippen LogP contribution in [0.5, 0.6) is 0 Å². The van der Waals surface area contributed by atoms with E-state index >= 15 is 0 Å². The van der Waals surface area contributed by atoms with Gasteiger partial charge in [-0.15, -0.1) is 0 Å². The molecule has 0 spiro atoms. The highest BCUT2D eigenvalue weighted by Crippen LogP contribution is 2.27. The number of anilines is 1. The minimum atomic E-state index is -0.979. The lowest BCUT2D eigenvalue weighted by molar-refractivity contribution is 0.102. The van der Waals surface area contributed by atoms with Crippen LogP contribution in [-0.4, -0.2) is 5.91 Å². The molecule has 3 nitrogen and oxygen atoms in total. The second kappa shape index (κ2) is 4.96. The number of carbonyl (C=O) groups is 1. The van der Waals surface area contributed by atoms with Crippen LogP contribution in [0.4, 0.5) is 14.5 Å². The average molecular weight is 292 g/mol. The summed E-state index contributed by atoms with van der Waals surface area (Å²) in [4.78, 5) is 11.7. The van der Waals surface area contributed by atoms with E-state index < -0.39 is 17.5 Å². The maximum atomic E-state index is 13.4. The first kappa shape index (κ1) is 12.9. The summed E-state index contributed by atoms with van der Waals surface area (Å²) >= 11 is 11.2. The molecule has 0 fully saturated rings. The van der Waals surface area contributed by atoms with Crippen molar-refractivity contribution in [2.75, 3.05) is 5.32 Å². The van der Waals surface area contributed by atoms with E-state index in [-0.39, 0.29) is 21.5 Å². The van der Waals surface area contributed by atoms with Gasteiger partial charge in [0, 0.05) is 6.07 Å². The number of halogens is 4. The molecular formula is C11H5Cl2F2NO2. The first-order chi connectivity index (χ1) is 8.49. The molecule has 1 N–H and O–H groups in total. The number of amides is 1. The van der Waals surface area contributed by atoms with Crippen molar-refractivity contribution in [2.24, 2.45) is 0 Å². The molecule has 0 aliphatic rings. The highest BCUT2D eigenvalue weighted by molar-refractivity contribution is 6.35. The smallest absolute Gasteiger partial charge is 0.260 e. The van der Waals surface area contributed by atoms with E-state index in [2.05, 4.69) is 5.32 Å². The van der Waals surface area contributed by atoms with Crippen LogP contribution in [0.25, 0.3) is 0 Å². The number of hydrogen-bond donors (Lipinski definition) is 1. The summed E-state index contributed by atoms with van der Waals surface area (Å²) in [6.45, 7) is 0. The Morgan fingerprint density at radius 1 is 1.28 bits per heavy atom. The van der Waals surface area contributed by atoms with Crippen LogP contribution in [0, 0.1) is 11.6 Å². The molecule has 0 radical (unpaired) electrons. The van der Waals surface area contributed by atoms with Crippen molar-refractivity contribution in [1.29, 1.82) is 0 Å². The third kappa shape index (κ3) is 2.47. The maximum Gasteiger partial charge on any atom is 0.260 e. The summed E-state index contributed by atoms with van der Waals surface area (Å²) in [6, 6.07) is 2.81. The quantitative estimate of drug-likeness (QED) is 0.904. The average Bonchev–Trinajstić information content (AvgIpc) is 2.69. The molecule has 18 heavy (non-hydrogen) atoms. The molecule has 0 saturated heterocycles. The molecule has 1 amide bonds. The highest BCUT2D eigenvalue weighted by atomic mass is 35.5. The van der Waals surface area contributed by atoms with E-state index in [1.165, 1.54) is 12.3 Å². The van der Waals surface area contributed by atoms with Gasteiger partial charge in [-0.2, -0.15) is 0 Å². The van der Waals surface area contributed by atoms with Gasteiger partial charge in [-0.25, -0.2) is 8.78 Å². The van der Waals surface area contributed by atoms with Crippen LogP contribution < -0.4 is 5.32 Å². The van der Waals surface area contributed by atoms with Gasteiger partial charge in [0.2, 0.25) is 5.22 Å². The van der Waals surface area contributed by atoms with Crippen molar-refractivity contribution in [1.82, 2.24) is 0 Å². The largest absolute Gasteiger partial charge is 0.452 e. The van der Waals surface area contributed by atoms with Gasteiger partial charge < -0.3 is 9.73 Å². The fourth-order valence-electron chi connectivity index (χ4n) is 1.30. The molecule has 94 valence electrons. The first-order valence-corrected chi connectivity index (χ1v) is 5.43. The lowest BCUT2D eigenvalue weighted by Crippen LogP contribution is -2.13. The zero-order chi connectivity index (χ0) is 13.3. The molecular weight excluding hydrogens is 287 g/mol. The van der Waals surface area contributed by atoms with Crippen LogP contribution in [-0.2, 0) is 0 Å². The van der Waals surface area contributed by atoms with Crippen LogP contribution in [0.2, 0.25) is 10.2 Å². The highest BCUT2D eigenvalue weighted by Gasteiger charge is 2.17. The van der Waals surface area contributed by atoms with E-state index in [9.17, 15) is 13.6 Å². The number of hydrogen-bond acceptors (Lipinski definition) is 2. The number of nitrogens with one attached hydrogen (secondary N) is 1. The topological polar surface area (TPSA) is 42.2 Å². The molecule has 1 aromatic heterocycles. The molecule has 0 aliphatic carbocycles. The molecule has 1 heterocycles. The van der Waals surface area contributed by atoms with Crippen LogP contribution in [0.15, 0.2) is 28.9 Å². The Balaban J connectivity index is 2.31. The molecule has 2 rings (SSSR count). The van der Waals surface area contributed by atoms with Crippen molar-refractivity contribution >= 4 is 34.8 Å². The van der Waals surface area contributed by atoms with Gasteiger partial charge in [-0.1, -0.05) is 11.6 Å². The van der Waals surface area contributed by atoms with E-state index in [1.807, 2.05) is 0 Å². The van der Waals surface area contributed by atoms with Crippen molar-refractivity contribution in [3.05, 3.63) is 51.9 Å². The van der Waals surface area contributed by atoms with Gasteiger partial charge in [0.15, 0.2) is 5.82 Å². The van der Waals surface area contributed by atoms with Crippen LogP contribution >= 0.6 is 23.2 Å². The Kier molecular flexibility index (Phi) is 3.54. The van der Waals surface area contributed by atoms with E-state index in [4.69, 9.17) is 27.6 Å². The standard InChI is InChI=1S/C11H5Cl2F2NO2/c12-7-3-5(14)4-8(15)9(7)16-11(17)6-1-2-18-10(6)13/h1-4H,(H,16,17). The normalized spacial score (nSPS) is 10.4. The summed E-state index contributed by atoms with van der Waals surface area (Å²) < 4.78 is 30.9. The lowest BCUT2D eigenvalue weighted by Gasteiger charge is -2.07. The number of benzene rings is 1. The fourth-order valence-corrected chi connectivity index (χ4v) is 1.74. The molecule has 2 aromatic rings. The second-order valence-corrected chi connectivity index (χ2v) is 4.06. The van der Waals surface area contributed by atoms with Gasteiger partial charge in [0.1, 0.15) is 5.82 Å². The predicted molar refractivity (Wildman–Crippen MR) is 63.0 cm³/mol. The monoisotopic (exact) mass is 291 g/mol. The molecule has 0 bridgehead atoms. The Bertz CT molecular complexity index is 590. The molecule has 7 heteroatoms. The van der Waals surface area contributed by atoms with Crippen molar-refractivity contribution in [3.63, 3.8) is 0 Å². The van der Waals surface area contributed by atoms with Crippen molar-refractivity contribution in [3.8, 4) is 0 Å². The summed E-state index contributed by atoms with van der Waals surface area (Å²) in [6.07, 6.45) is 1.21. The van der Waals surface area contributed by atoms with Crippen LogP contribution in [0.1, 0.15) is 10.4 Å². The minimum Gasteiger partial charge on any atom is -0.452 e. The second-order valence-electron chi connectivity index (χ2n) is 3.31. The Morgan fingerprint density at radius 2 is 2.00 bits per heavy atom. The van der Waals surface area contributed by atoms with Gasteiger partial charge in [-0.3, -0.25) is 4.79 Å². The number of carbonyl (C=O) groups excluding carboxylic acids is 1. The third-order valence-corrected chi connectivity index (χ3v) is 2.70. The number of furan rings is 1. The zero-order valence-corrected chi connectivity index (χ0v) is 10.1. The summed E-state index contributed by atoms with van der Waals surface area (Å²) in [5.41, 5.74) is -0.295. The van der Waals surface area contributed by atoms with E-state index in [0.717, 1.165) is 6.07 Å². The first-order valence-electron chi connectivity index (χ1n) is 4.68. The summed E-state index contributed by atoms with van der Waals surface area (Å²) in [7, 11) is 0. The number of rotatable bonds is 2. The SMILES string of the molecule is O=C(Nc1c(F)cc(F)cc1Cl)c1ccoc1Cl. The molecule has 0 unspecified atom stereocenters. The van der Waals surface area contributed by atoms with Crippen molar-refractivity contribution in [2.45, 2.75) is 0 Å². The minimum absolute atomic E-state index is 0.0245. The Labute approximate surface area is 110 Å². The van der Waals surface area contributed by atoms with Crippen molar-refractivity contribution < 1.29 is 18.0 Å². The molecule has 0 atom stereocenters. The maximum absolute atomic E-state index is 13.4. The van der Waals surface area contributed by atoms with E-state index in [1.54, 1.807) is 0 Å². The lowest BCUT2D eigenvalue weighted by atomic mass is 10.2. The van der Waals surface area contributed by atoms with Gasteiger partial charge >= 0.3 is 0 Å². The summed E-state index contributed by atoms with van der Waals surface area (Å²) in [5, 5.41) is 1.81. The molecule has 1 aromatic carbocycles. The fraction of sp³-hybridized carbons (Fsp3) is 0. The summed E-state index contributed by atoms with van der Waals surface area (Å²) in [5.74, 6) is -2.52. The molecule has 0 saturated carbocycles. The molecule has 0 aliphatic heterocycles. The third-order valence-electron chi connectivity index (χ3n) is 2.11. The van der Waals surface area contributed by atoms with E-state index in [0.29, 0.717) is 6.07 Å². The van der Waals surface area contributed by atoms with Gasteiger partial charge in [0.25, 0.3) is 5.91 Å². The Morgan fingerprint density at radius 3 is 2.56 bits per heavy atom.